The molecule has 1 fully saturated rings. The van der Waals surface area contributed by atoms with E-state index in [2.05, 4.69) is 15.3 Å². The van der Waals surface area contributed by atoms with Gasteiger partial charge in [-0.25, -0.2) is 4.68 Å². The molecule has 0 atom stereocenters. The normalized spacial score (nSPS) is 15.7. The van der Waals surface area contributed by atoms with E-state index in [0.717, 1.165) is 35.8 Å². The number of thioether (sulfide) groups is 1. The number of nitrogens with one attached hydrogen (secondary N) is 1. The molecule has 2 aliphatic rings. The molecule has 5 rings (SSSR count). The molecule has 31 heavy (non-hydrogen) atoms. The number of ether oxygens (including phenoxy) is 2. The highest BCUT2D eigenvalue weighted by Crippen LogP contribution is 2.32. The minimum Gasteiger partial charge on any atom is -0.486 e. The van der Waals surface area contributed by atoms with Gasteiger partial charge in [0.05, 0.1) is 5.39 Å². The maximum atomic E-state index is 13.0. The van der Waals surface area contributed by atoms with E-state index in [1.54, 1.807) is 24.3 Å². The summed E-state index contributed by atoms with van der Waals surface area (Å²) in [7, 11) is 0. The Balaban J connectivity index is 1.42. The largest absolute Gasteiger partial charge is 0.486 e. The molecule has 1 saturated heterocycles. The van der Waals surface area contributed by atoms with Crippen molar-refractivity contribution in [2.75, 3.05) is 48.0 Å². The third-order valence-electron chi connectivity index (χ3n) is 5.28. The summed E-state index contributed by atoms with van der Waals surface area (Å²) in [5.41, 5.74) is 0.305. The molecule has 0 saturated carbocycles. The fourth-order valence-corrected chi connectivity index (χ4v) is 4.69. The van der Waals surface area contributed by atoms with Crippen LogP contribution in [0.3, 0.4) is 0 Å². The summed E-state index contributed by atoms with van der Waals surface area (Å²) in [4.78, 5) is 27.9. The molecule has 1 N–H and O–H groups in total. The van der Waals surface area contributed by atoms with Crippen LogP contribution in [0.5, 0.6) is 11.5 Å². The molecule has 2 aromatic carbocycles. The zero-order chi connectivity index (χ0) is 21.2. The van der Waals surface area contributed by atoms with E-state index >= 15 is 0 Å². The molecule has 0 unspecified atom stereocenters. The molecule has 0 spiro atoms. The summed E-state index contributed by atoms with van der Waals surface area (Å²) < 4.78 is 12.3. The topological polar surface area (TPSA) is 85.7 Å². The predicted octanol–water partition coefficient (Wildman–Crippen LogP) is 2.36. The van der Waals surface area contributed by atoms with Crippen LogP contribution in [0.25, 0.3) is 10.8 Å². The van der Waals surface area contributed by atoms with Gasteiger partial charge in [-0.1, -0.05) is 18.2 Å². The molecular weight excluding hydrogens is 416 g/mol. The number of amides is 1. The average molecular weight is 439 g/mol. The van der Waals surface area contributed by atoms with Gasteiger partial charge in [-0.05, 0) is 18.2 Å². The molecule has 3 aromatic rings. The Morgan fingerprint density at radius 2 is 1.77 bits per heavy atom. The minimum atomic E-state index is -0.332. The quantitative estimate of drug-likeness (QED) is 0.669. The second-order valence-electron chi connectivity index (χ2n) is 7.34. The third-order valence-corrected chi connectivity index (χ3v) is 6.22. The fraction of sp³-hybridized carbons (Fsp3) is 0.318. The number of aromatic nitrogens is 2. The minimum absolute atomic E-state index is 0.173. The highest BCUT2D eigenvalue weighted by atomic mass is 32.2. The molecule has 8 nitrogen and oxygen atoms in total. The first kappa shape index (κ1) is 19.7. The van der Waals surface area contributed by atoms with E-state index in [1.807, 2.05) is 30.0 Å². The van der Waals surface area contributed by atoms with Gasteiger partial charge in [0.2, 0.25) is 5.91 Å². The van der Waals surface area contributed by atoms with Gasteiger partial charge in [0.15, 0.2) is 17.3 Å². The van der Waals surface area contributed by atoms with Crippen LogP contribution in [0, 0.1) is 0 Å². The van der Waals surface area contributed by atoms with Crippen molar-refractivity contribution in [3.63, 3.8) is 0 Å². The standard InChI is InChI=1S/C22H22N4O4S/c27-20(23-15-5-6-18-19(13-15)30-10-9-29-18)14-26-22(28)17-4-2-1-3-16(17)21(24-26)25-7-11-31-12-8-25/h1-6,13H,7-12,14H2,(H,23,27). The van der Waals surface area contributed by atoms with Crippen molar-refractivity contribution in [1.29, 1.82) is 0 Å². The SMILES string of the molecule is O=C(Cn1nc(N2CCSCC2)c2ccccc2c1=O)Nc1ccc2c(c1)OCCO2. The van der Waals surface area contributed by atoms with Crippen molar-refractivity contribution >= 4 is 39.9 Å². The average Bonchev–Trinajstić information content (AvgIpc) is 2.81. The van der Waals surface area contributed by atoms with Crippen LogP contribution >= 0.6 is 11.8 Å². The number of fused-ring (bicyclic) bond motifs is 2. The van der Waals surface area contributed by atoms with Crippen LogP contribution < -0.4 is 25.2 Å². The first-order valence-electron chi connectivity index (χ1n) is 10.2. The van der Waals surface area contributed by atoms with Crippen LogP contribution in [0.4, 0.5) is 11.5 Å². The van der Waals surface area contributed by atoms with E-state index in [1.165, 1.54) is 4.68 Å². The number of hydrogen-bond donors (Lipinski definition) is 1. The fourth-order valence-electron chi connectivity index (χ4n) is 3.79. The number of nitrogens with zero attached hydrogens (tertiary/aromatic N) is 3. The first-order chi connectivity index (χ1) is 15.2. The van der Waals surface area contributed by atoms with Crippen LogP contribution in [0.1, 0.15) is 0 Å². The Morgan fingerprint density at radius 1 is 1.03 bits per heavy atom. The van der Waals surface area contributed by atoms with Gasteiger partial charge in [0.25, 0.3) is 5.56 Å². The first-order valence-corrected chi connectivity index (χ1v) is 11.4. The number of benzene rings is 2. The lowest BCUT2D eigenvalue weighted by molar-refractivity contribution is -0.117. The highest BCUT2D eigenvalue weighted by Gasteiger charge is 2.20. The summed E-state index contributed by atoms with van der Waals surface area (Å²) in [6.07, 6.45) is 0. The molecule has 1 amide bonds. The van der Waals surface area contributed by atoms with Crippen molar-refractivity contribution in [1.82, 2.24) is 9.78 Å². The predicted molar refractivity (Wildman–Crippen MR) is 122 cm³/mol. The number of anilines is 2. The molecule has 0 aliphatic carbocycles. The van der Waals surface area contributed by atoms with Crippen molar-refractivity contribution in [3.8, 4) is 11.5 Å². The third kappa shape index (κ3) is 4.05. The Kier molecular flexibility index (Phi) is 5.42. The summed E-state index contributed by atoms with van der Waals surface area (Å²) in [5.74, 6) is 3.69. The van der Waals surface area contributed by atoms with Gasteiger partial charge < -0.3 is 19.7 Å². The van der Waals surface area contributed by atoms with Gasteiger partial charge in [-0.15, -0.1) is 0 Å². The second-order valence-corrected chi connectivity index (χ2v) is 8.56. The van der Waals surface area contributed by atoms with Crippen molar-refractivity contribution in [3.05, 3.63) is 52.8 Å². The van der Waals surface area contributed by atoms with E-state index in [-0.39, 0.29) is 18.0 Å². The van der Waals surface area contributed by atoms with E-state index in [4.69, 9.17) is 9.47 Å². The van der Waals surface area contributed by atoms with Gasteiger partial charge in [-0.2, -0.15) is 16.9 Å². The molecule has 0 bridgehead atoms. The van der Waals surface area contributed by atoms with E-state index < -0.39 is 0 Å². The number of rotatable bonds is 4. The lowest BCUT2D eigenvalue weighted by atomic mass is 10.1. The van der Waals surface area contributed by atoms with Crippen LogP contribution in [-0.2, 0) is 11.3 Å². The Morgan fingerprint density at radius 3 is 2.58 bits per heavy atom. The molecule has 160 valence electrons. The van der Waals surface area contributed by atoms with Gasteiger partial charge in [0, 0.05) is 41.7 Å². The Labute approximate surface area is 183 Å². The lowest BCUT2D eigenvalue weighted by Gasteiger charge is -2.28. The van der Waals surface area contributed by atoms with Crippen molar-refractivity contribution in [2.24, 2.45) is 0 Å². The molecule has 2 aliphatic heterocycles. The van der Waals surface area contributed by atoms with Crippen molar-refractivity contribution in [2.45, 2.75) is 6.54 Å². The number of carbonyl (C=O) groups excluding carboxylic acids is 1. The van der Waals surface area contributed by atoms with Crippen LogP contribution in [-0.4, -0.2) is 53.5 Å². The molecule has 1 aromatic heterocycles. The zero-order valence-electron chi connectivity index (χ0n) is 16.9. The van der Waals surface area contributed by atoms with Crippen molar-refractivity contribution < 1.29 is 14.3 Å². The van der Waals surface area contributed by atoms with Crippen LogP contribution in [0.2, 0.25) is 0 Å². The summed E-state index contributed by atoms with van der Waals surface area (Å²) in [6, 6.07) is 12.7. The van der Waals surface area contributed by atoms with E-state index in [0.29, 0.717) is 35.8 Å². The Hall–Kier alpha value is -3.20. The van der Waals surface area contributed by atoms with Gasteiger partial charge in [-0.3, -0.25) is 9.59 Å². The van der Waals surface area contributed by atoms with Crippen LogP contribution in [0.15, 0.2) is 47.3 Å². The monoisotopic (exact) mass is 438 g/mol. The lowest BCUT2D eigenvalue weighted by Crippen LogP contribution is -2.37. The summed E-state index contributed by atoms with van der Waals surface area (Å²) in [6.45, 7) is 2.53. The molecular formula is C22H22N4O4S. The maximum absolute atomic E-state index is 13.0. The number of hydrogen-bond acceptors (Lipinski definition) is 7. The number of carbonyl (C=O) groups is 1. The molecule has 0 radical (unpaired) electrons. The second kappa shape index (κ2) is 8.50. The molecule has 3 heterocycles. The van der Waals surface area contributed by atoms with Gasteiger partial charge in [0.1, 0.15) is 19.8 Å². The van der Waals surface area contributed by atoms with Gasteiger partial charge >= 0.3 is 0 Å². The maximum Gasteiger partial charge on any atom is 0.275 e. The highest BCUT2D eigenvalue weighted by molar-refractivity contribution is 7.99. The molecule has 9 heteroatoms. The Bertz CT molecular complexity index is 1190. The summed E-state index contributed by atoms with van der Waals surface area (Å²) >= 11 is 1.91. The smallest absolute Gasteiger partial charge is 0.275 e. The zero-order valence-corrected chi connectivity index (χ0v) is 17.7. The van der Waals surface area contributed by atoms with E-state index in [9.17, 15) is 9.59 Å². The summed E-state index contributed by atoms with van der Waals surface area (Å²) in [5, 5.41) is 8.80.